The maximum Gasteiger partial charge on any atom is 0.306 e. The molecule has 26 heavy (non-hydrogen) atoms. The molecule has 1 aromatic rings. The molecule has 0 aromatic heterocycles. The van der Waals surface area contributed by atoms with Crippen LogP contribution in [-0.4, -0.2) is 35.7 Å². The highest BCUT2D eigenvalue weighted by atomic mass is 16.6. The largest absolute Gasteiger partial charge is 0.460 e. The van der Waals surface area contributed by atoms with Gasteiger partial charge in [-0.3, -0.25) is 14.4 Å². The normalized spacial score (nSPS) is 12.5. The van der Waals surface area contributed by atoms with Gasteiger partial charge >= 0.3 is 5.97 Å². The molecule has 5 nitrogen and oxygen atoms in total. The topological polar surface area (TPSA) is 72.5 Å². The van der Waals surface area contributed by atoms with E-state index < -0.39 is 11.6 Å². The van der Waals surface area contributed by atoms with E-state index in [1.54, 1.807) is 0 Å². The van der Waals surface area contributed by atoms with Crippen LogP contribution in [0.2, 0.25) is 0 Å². The molecule has 0 unspecified atom stereocenters. The molecule has 0 saturated carbocycles. The van der Waals surface area contributed by atoms with Crippen LogP contribution in [0.3, 0.4) is 0 Å². The molecule has 0 radical (unpaired) electrons. The molecule has 1 atom stereocenters. The molecule has 0 amide bonds. The van der Waals surface area contributed by atoms with Gasteiger partial charge in [0.2, 0.25) is 0 Å². The lowest BCUT2D eigenvalue weighted by Crippen LogP contribution is -2.37. The summed E-state index contributed by atoms with van der Waals surface area (Å²) in [6.07, 6.45) is 2.16. The van der Waals surface area contributed by atoms with Gasteiger partial charge in [-0.2, -0.15) is 0 Å². The molecule has 0 bridgehead atoms. The van der Waals surface area contributed by atoms with Gasteiger partial charge in [-0.1, -0.05) is 30.3 Å². The molecule has 0 saturated heterocycles. The number of ether oxygens (including phenoxy) is 1. The minimum Gasteiger partial charge on any atom is -0.460 e. The fraction of sp³-hybridized carbons (Fsp3) is 0.571. The number of esters is 1. The first-order valence-corrected chi connectivity index (χ1v) is 9.18. The minimum atomic E-state index is -0.526. The predicted molar refractivity (Wildman–Crippen MR) is 102 cm³/mol. The summed E-state index contributed by atoms with van der Waals surface area (Å²) >= 11 is 0. The van der Waals surface area contributed by atoms with Gasteiger partial charge in [-0.15, -0.1) is 0 Å². The molecule has 0 spiro atoms. The highest BCUT2D eigenvalue weighted by molar-refractivity contribution is 5.82. The van der Waals surface area contributed by atoms with Gasteiger partial charge in [0.15, 0.2) is 0 Å². The van der Waals surface area contributed by atoms with Crippen LogP contribution >= 0.6 is 0 Å². The molecule has 0 aliphatic rings. The molecule has 1 aromatic carbocycles. The Labute approximate surface area is 156 Å². The molecule has 0 aliphatic carbocycles. The quantitative estimate of drug-likeness (QED) is 0.613. The maximum atomic E-state index is 12.0. The van der Waals surface area contributed by atoms with Crippen molar-refractivity contribution in [3.63, 3.8) is 0 Å². The fourth-order valence-electron chi connectivity index (χ4n) is 2.54. The number of carbonyl (C=O) groups is 3. The molecule has 0 heterocycles. The Morgan fingerprint density at radius 2 is 1.69 bits per heavy atom. The van der Waals surface area contributed by atoms with Crippen LogP contribution in [-0.2, 0) is 25.5 Å². The molecular weight excluding hydrogens is 330 g/mol. The van der Waals surface area contributed by atoms with Crippen molar-refractivity contribution in [2.24, 2.45) is 0 Å². The first kappa shape index (κ1) is 22.0. The van der Waals surface area contributed by atoms with E-state index in [2.05, 4.69) is 5.32 Å². The number of Topliss-reactive ketones (excluding diaryl/α,β-unsaturated/α-hetero) is 2. The van der Waals surface area contributed by atoms with Crippen molar-refractivity contribution >= 4 is 17.5 Å². The lowest BCUT2D eigenvalue weighted by atomic mass is 10.0. The summed E-state index contributed by atoms with van der Waals surface area (Å²) in [6.45, 7) is 7.36. The summed E-state index contributed by atoms with van der Waals surface area (Å²) < 4.78 is 5.25. The van der Waals surface area contributed by atoms with Crippen LogP contribution in [0.1, 0.15) is 58.9 Å². The Morgan fingerprint density at radius 1 is 1.04 bits per heavy atom. The SMILES string of the molecule is CC(=O)[C@@H](CCC(=O)OC(C)(C)C)NCCC(=O)CCc1ccccc1. The summed E-state index contributed by atoms with van der Waals surface area (Å²) in [5.74, 6) is -0.189. The van der Waals surface area contributed by atoms with Crippen LogP contribution in [0, 0.1) is 0 Å². The van der Waals surface area contributed by atoms with E-state index in [0.29, 0.717) is 25.8 Å². The van der Waals surface area contributed by atoms with Crippen molar-refractivity contribution in [2.75, 3.05) is 6.54 Å². The first-order valence-electron chi connectivity index (χ1n) is 9.18. The standard InChI is InChI=1S/C21H31NO4/c1-16(23)19(12-13-20(25)26-21(2,3)4)22-15-14-18(24)11-10-17-8-6-5-7-9-17/h5-9,19,22H,10-15H2,1-4H3/t19-/m1/s1. The summed E-state index contributed by atoms with van der Waals surface area (Å²) in [6, 6.07) is 9.47. The monoisotopic (exact) mass is 361 g/mol. The van der Waals surface area contributed by atoms with E-state index in [1.165, 1.54) is 6.92 Å². The third kappa shape index (κ3) is 10.1. The van der Waals surface area contributed by atoms with Gasteiger partial charge in [0, 0.05) is 25.8 Å². The number of nitrogens with one attached hydrogen (secondary N) is 1. The van der Waals surface area contributed by atoms with Crippen molar-refractivity contribution in [1.82, 2.24) is 5.32 Å². The number of ketones is 2. The predicted octanol–water partition coefficient (Wildman–Crippen LogP) is 3.25. The van der Waals surface area contributed by atoms with E-state index in [0.717, 1.165) is 12.0 Å². The molecule has 0 fully saturated rings. The fourth-order valence-corrected chi connectivity index (χ4v) is 2.54. The van der Waals surface area contributed by atoms with E-state index in [9.17, 15) is 14.4 Å². The third-order valence-corrected chi connectivity index (χ3v) is 3.88. The van der Waals surface area contributed by atoms with E-state index in [-0.39, 0.29) is 24.0 Å². The van der Waals surface area contributed by atoms with Crippen LogP contribution < -0.4 is 5.32 Å². The highest BCUT2D eigenvalue weighted by Gasteiger charge is 2.20. The zero-order valence-corrected chi connectivity index (χ0v) is 16.3. The van der Waals surface area contributed by atoms with Gasteiger partial charge < -0.3 is 10.1 Å². The summed E-state index contributed by atoms with van der Waals surface area (Å²) in [5, 5.41) is 3.09. The van der Waals surface area contributed by atoms with Gasteiger partial charge in [0.05, 0.1) is 6.04 Å². The van der Waals surface area contributed by atoms with Crippen LogP contribution in [0.5, 0.6) is 0 Å². The molecule has 5 heteroatoms. The lowest BCUT2D eigenvalue weighted by Gasteiger charge is -2.21. The Bertz CT molecular complexity index is 590. The zero-order valence-electron chi connectivity index (χ0n) is 16.3. The van der Waals surface area contributed by atoms with Crippen molar-refractivity contribution in [3.05, 3.63) is 35.9 Å². The number of hydrogen-bond acceptors (Lipinski definition) is 5. The number of aryl methyl sites for hydroxylation is 1. The molecule has 1 rings (SSSR count). The second kappa shape index (κ2) is 10.9. The second-order valence-corrected chi connectivity index (χ2v) is 7.52. The lowest BCUT2D eigenvalue weighted by molar-refractivity contribution is -0.155. The smallest absolute Gasteiger partial charge is 0.306 e. The van der Waals surface area contributed by atoms with Gasteiger partial charge in [-0.05, 0) is 46.1 Å². The van der Waals surface area contributed by atoms with Crippen molar-refractivity contribution in [3.8, 4) is 0 Å². The maximum absolute atomic E-state index is 12.0. The van der Waals surface area contributed by atoms with E-state index in [1.807, 2.05) is 51.1 Å². The Hall–Kier alpha value is -2.01. The van der Waals surface area contributed by atoms with E-state index in [4.69, 9.17) is 4.74 Å². The van der Waals surface area contributed by atoms with Crippen LogP contribution in [0.4, 0.5) is 0 Å². The second-order valence-electron chi connectivity index (χ2n) is 7.52. The van der Waals surface area contributed by atoms with Crippen LogP contribution in [0.25, 0.3) is 0 Å². The first-order chi connectivity index (χ1) is 12.2. The average Bonchev–Trinajstić information content (AvgIpc) is 2.55. The van der Waals surface area contributed by atoms with Gasteiger partial charge in [-0.25, -0.2) is 0 Å². The highest BCUT2D eigenvalue weighted by Crippen LogP contribution is 2.10. The Kier molecular flexibility index (Phi) is 9.21. The molecule has 0 aliphatic heterocycles. The molecule has 144 valence electrons. The average molecular weight is 361 g/mol. The minimum absolute atomic E-state index is 0.0368. The van der Waals surface area contributed by atoms with Gasteiger partial charge in [0.25, 0.3) is 0 Å². The summed E-state index contributed by atoms with van der Waals surface area (Å²) in [7, 11) is 0. The number of carbonyl (C=O) groups excluding carboxylic acids is 3. The molecular formula is C21H31NO4. The number of benzene rings is 1. The van der Waals surface area contributed by atoms with Crippen molar-refractivity contribution in [2.45, 2.75) is 71.4 Å². The molecule has 1 N–H and O–H groups in total. The number of rotatable bonds is 11. The summed E-state index contributed by atoms with van der Waals surface area (Å²) in [5.41, 5.74) is 0.620. The zero-order chi connectivity index (χ0) is 19.6. The number of hydrogen-bond donors (Lipinski definition) is 1. The van der Waals surface area contributed by atoms with E-state index >= 15 is 0 Å². The van der Waals surface area contributed by atoms with Crippen LogP contribution in [0.15, 0.2) is 30.3 Å². The Morgan fingerprint density at radius 3 is 2.27 bits per heavy atom. The summed E-state index contributed by atoms with van der Waals surface area (Å²) in [4.78, 5) is 35.5. The van der Waals surface area contributed by atoms with Gasteiger partial charge in [0.1, 0.15) is 17.2 Å². The Balaban J connectivity index is 2.29. The van der Waals surface area contributed by atoms with Crippen molar-refractivity contribution < 1.29 is 19.1 Å². The van der Waals surface area contributed by atoms with Crippen molar-refractivity contribution in [1.29, 1.82) is 0 Å². The third-order valence-electron chi connectivity index (χ3n) is 3.88.